The van der Waals surface area contributed by atoms with Crippen LogP contribution in [0, 0.1) is 6.92 Å². The SMILES string of the molecule is Cc1cc(N(C)c2ccccn2)ncc1N. The summed E-state index contributed by atoms with van der Waals surface area (Å²) >= 11 is 0. The summed E-state index contributed by atoms with van der Waals surface area (Å²) in [6.45, 7) is 1.97. The van der Waals surface area contributed by atoms with Crippen molar-refractivity contribution in [2.75, 3.05) is 17.7 Å². The molecule has 0 saturated heterocycles. The van der Waals surface area contributed by atoms with Gasteiger partial charge in [0.05, 0.1) is 11.9 Å². The summed E-state index contributed by atoms with van der Waals surface area (Å²) in [5.74, 6) is 1.70. The molecule has 2 heterocycles. The number of nitrogens with zero attached hydrogens (tertiary/aromatic N) is 3. The van der Waals surface area contributed by atoms with Gasteiger partial charge in [0.25, 0.3) is 0 Å². The zero-order chi connectivity index (χ0) is 11.5. The molecule has 2 rings (SSSR count). The van der Waals surface area contributed by atoms with Gasteiger partial charge < -0.3 is 10.6 Å². The number of rotatable bonds is 2. The molecular weight excluding hydrogens is 200 g/mol. The highest BCUT2D eigenvalue weighted by Gasteiger charge is 2.06. The number of aryl methyl sites for hydroxylation is 1. The molecule has 0 aliphatic rings. The first-order valence-electron chi connectivity index (χ1n) is 5.05. The Labute approximate surface area is 94.8 Å². The van der Waals surface area contributed by atoms with Crippen molar-refractivity contribution in [3.63, 3.8) is 0 Å². The van der Waals surface area contributed by atoms with E-state index < -0.39 is 0 Å². The summed E-state index contributed by atoms with van der Waals surface area (Å²) in [5, 5.41) is 0. The van der Waals surface area contributed by atoms with E-state index >= 15 is 0 Å². The lowest BCUT2D eigenvalue weighted by Gasteiger charge is -2.17. The second kappa shape index (κ2) is 4.18. The number of aromatic nitrogens is 2. The van der Waals surface area contributed by atoms with Crippen LogP contribution in [0.25, 0.3) is 0 Å². The maximum absolute atomic E-state index is 5.73. The number of hydrogen-bond acceptors (Lipinski definition) is 4. The molecule has 82 valence electrons. The number of nitrogen functional groups attached to an aromatic ring is 1. The minimum atomic E-state index is 0.707. The predicted octanol–water partition coefficient (Wildman–Crippen LogP) is 2.14. The van der Waals surface area contributed by atoms with Gasteiger partial charge in [0.15, 0.2) is 0 Å². The smallest absolute Gasteiger partial charge is 0.134 e. The summed E-state index contributed by atoms with van der Waals surface area (Å²) in [4.78, 5) is 10.5. The third-order valence-electron chi connectivity index (χ3n) is 2.47. The van der Waals surface area contributed by atoms with Gasteiger partial charge in [-0.25, -0.2) is 9.97 Å². The summed E-state index contributed by atoms with van der Waals surface area (Å²) in [6.07, 6.45) is 3.43. The first kappa shape index (κ1) is 10.4. The van der Waals surface area contributed by atoms with Gasteiger partial charge in [-0.2, -0.15) is 0 Å². The van der Waals surface area contributed by atoms with Crippen LogP contribution in [-0.2, 0) is 0 Å². The van der Waals surface area contributed by atoms with Crippen molar-refractivity contribution in [3.8, 4) is 0 Å². The van der Waals surface area contributed by atoms with E-state index in [0.717, 1.165) is 17.2 Å². The molecule has 0 saturated carbocycles. The van der Waals surface area contributed by atoms with Crippen molar-refractivity contribution in [2.24, 2.45) is 0 Å². The summed E-state index contributed by atoms with van der Waals surface area (Å²) in [5.41, 5.74) is 7.46. The van der Waals surface area contributed by atoms with Crippen LogP contribution in [0.1, 0.15) is 5.56 Å². The molecule has 2 aromatic heterocycles. The van der Waals surface area contributed by atoms with E-state index in [0.29, 0.717) is 5.69 Å². The van der Waals surface area contributed by atoms with Gasteiger partial charge in [-0.05, 0) is 30.7 Å². The Bertz CT molecular complexity index is 482. The molecule has 0 aromatic carbocycles. The van der Waals surface area contributed by atoms with Crippen LogP contribution in [0.15, 0.2) is 36.7 Å². The van der Waals surface area contributed by atoms with E-state index in [1.165, 1.54) is 0 Å². The van der Waals surface area contributed by atoms with Crippen LogP contribution in [0.3, 0.4) is 0 Å². The van der Waals surface area contributed by atoms with E-state index in [9.17, 15) is 0 Å². The van der Waals surface area contributed by atoms with Gasteiger partial charge >= 0.3 is 0 Å². The molecule has 0 bridgehead atoms. The highest BCUT2D eigenvalue weighted by Crippen LogP contribution is 2.21. The molecular formula is C12H14N4. The highest BCUT2D eigenvalue weighted by atomic mass is 15.2. The lowest BCUT2D eigenvalue weighted by molar-refractivity contribution is 1.07. The number of anilines is 3. The highest BCUT2D eigenvalue weighted by molar-refractivity contribution is 5.59. The maximum Gasteiger partial charge on any atom is 0.134 e. The molecule has 0 aliphatic carbocycles. The number of nitrogens with two attached hydrogens (primary N) is 1. The second-order valence-corrected chi connectivity index (χ2v) is 3.65. The van der Waals surface area contributed by atoms with Gasteiger partial charge in [-0.3, -0.25) is 0 Å². The maximum atomic E-state index is 5.73. The summed E-state index contributed by atoms with van der Waals surface area (Å²) in [7, 11) is 1.93. The largest absolute Gasteiger partial charge is 0.397 e. The lowest BCUT2D eigenvalue weighted by atomic mass is 10.2. The van der Waals surface area contributed by atoms with Crippen LogP contribution in [0.2, 0.25) is 0 Å². The van der Waals surface area contributed by atoms with Crippen molar-refractivity contribution in [1.29, 1.82) is 0 Å². The van der Waals surface area contributed by atoms with Crippen molar-refractivity contribution in [1.82, 2.24) is 9.97 Å². The molecule has 0 aliphatic heterocycles. The lowest BCUT2D eigenvalue weighted by Crippen LogP contribution is -2.12. The van der Waals surface area contributed by atoms with Gasteiger partial charge in [0.2, 0.25) is 0 Å². The molecule has 2 aromatic rings. The van der Waals surface area contributed by atoms with Crippen LogP contribution < -0.4 is 10.6 Å². The first-order chi connectivity index (χ1) is 7.68. The Hall–Kier alpha value is -2.10. The molecule has 0 spiro atoms. The quantitative estimate of drug-likeness (QED) is 0.832. The monoisotopic (exact) mass is 214 g/mol. The van der Waals surface area contributed by atoms with Crippen molar-refractivity contribution in [2.45, 2.75) is 6.92 Å². The van der Waals surface area contributed by atoms with E-state index in [1.54, 1.807) is 12.4 Å². The zero-order valence-corrected chi connectivity index (χ0v) is 9.38. The predicted molar refractivity (Wildman–Crippen MR) is 65.7 cm³/mol. The normalized spacial score (nSPS) is 10.1. The van der Waals surface area contributed by atoms with E-state index in [-0.39, 0.29) is 0 Å². The Morgan fingerprint density at radius 1 is 1.19 bits per heavy atom. The van der Waals surface area contributed by atoms with Gasteiger partial charge in [-0.15, -0.1) is 0 Å². The van der Waals surface area contributed by atoms with Crippen LogP contribution in [0.5, 0.6) is 0 Å². The minimum Gasteiger partial charge on any atom is -0.397 e. The molecule has 2 N–H and O–H groups in total. The van der Waals surface area contributed by atoms with Crippen LogP contribution in [-0.4, -0.2) is 17.0 Å². The molecule has 0 fully saturated rings. The van der Waals surface area contributed by atoms with E-state index in [1.807, 2.05) is 43.1 Å². The van der Waals surface area contributed by atoms with Crippen molar-refractivity contribution < 1.29 is 0 Å². The third kappa shape index (κ3) is 1.95. The van der Waals surface area contributed by atoms with E-state index in [2.05, 4.69) is 9.97 Å². The standard InChI is InChI=1S/C12H14N4/c1-9-7-12(15-8-10(9)13)16(2)11-5-3-4-6-14-11/h3-8H,13H2,1-2H3. The van der Waals surface area contributed by atoms with Crippen molar-refractivity contribution >= 4 is 17.3 Å². The Balaban J connectivity index is 2.34. The Kier molecular flexibility index (Phi) is 2.72. The fourth-order valence-electron chi connectivity index (χ4n) is 1.40. The third-order valence-corrected chi connectivity index (χ3v) is 2.47. The average Bonchev–Trinajstić information content (AvgIpc) is 2.33. The summed E-state index contributed by atoms with van der Waals surface area (Å²) < 4.78 is 0. The minimum absolute atomic E-state index is 0.707. The first-order valence-corrected chi connectivity index (χ1v) is 5.05. The second-order valence-electron chi connectivity index (χ2n) is 3.65. The van der Waals surface area contributed by atoms with Crippen LogP contribution >= 0.6 is 0 Å². The molecule has 0 atom stereocenters. The van der Waals surface area contributed by atoms with Gasteiger partial charge in [-0.1, -0.05) is 6.07 Å². The van der Waals surface area contributed by atoms with Crippen LogP contribution in [0.4, 0.5) is 17.3 Å². The van der Waals surface area contributed by atoms with Gasteiger partial charge in [0, 0.05) is 13.2 Å². The van der Waals surface area contributed by atoms with Gasteiger partial charge in [0.1, 0.15) is 11.6 Å². The Morgan fingerprint density at radius 3 is 2.62 bits per heavy atom. The zero-order valence-electron chi connectivity index (χ0n) is 9.38. The topological polar surface area (TPSA) is 55.0 Å². The van der Waals surface area contributed by atoms with Crippen molar-refractivity contribution in [3.05, 3.63) is 42.2 Å². The molecule has 16 heavy (non-hydrogen) atoms. The number of pyridine rings is 2. The summed E-state index contributed by atoms with van der Waals surface area (Å²) in [6, 6.07) is 7.72. The fraction of sp³-hybridized carbons (Fsp3) is 0.167. The molecule has 0 radical (unpaired) electrons. The number of hydrogen-bond donors (Lipinski definition) is 1. The average molecular weight is 214 g/mol. The molecule has 4 nitrogen and oxygen atoms in total. The Morgan fingerprint density at radius 2 is 2.00 bits per heavy atom. The van der Waals surface area contributed by atoms with E-state index in [4.69, 9.17) is 5.73 Å². The fourth-order valence-corrected chi connectivity index (χ4v) is 1.40. The molecule has 4 heteroatoms. The molecule has 0 amide bonds. The molecule has 0 unspecified atom stereocenters.